The van der Waals surface area contributed by atoms with Gasteiger partial charge in [-0.3, -0.25) is 0 Å². The normalized spacial score (nSPS) is 22.5. The van der Waals surface area contributed by atoms with Gasteiger partial charge in [0.2, 0.25) is 0 Å². The number of hydrogen-bond acceptors (Lipinski definition) is 2. The van der Waals surface area contributed by atoms with E-state index >= 15 is 0 Å². The fourth-order valence-corrected chi connectivity index (χ4v) is 0.417. The van der Waals surface area contributed by atoms with Crippen molar-refractivity contribution in [1.82, 2.24) is 0 Å². The Morgan fingerprint density at radius 2 is 1.83 bits per heavy atom. The van der Waals surface area contributed by atoms with Gasteiger partial charge in [0.25, 0.3) is 0 Å². The van der Waals surface area contributed by atoms with Crippen LogP contribution in [0.25, 0.3) is 0 Å². The molecule has 1 fully saturated rings. The van der Waals surface area contributed by atoms with Gasteiger partial charge >= 0.3 is 0 Å². The zero-order chi connectivity index (χ0) is 4.57. The Morgan fingerprint density at radius 1 is 1.33 bits per heavy atom. The van der Waals surface area contributed by atoms with Gasteiger partial charge in [0.1, 0.15) is 0 Å². The largest absolute Gasteiger partial charge is 0.311 e. The minimum Gasteiger partial charge on any atom is -0.311 e. The number of nitrogens with two attached hydrogens (primary N) is 2. The maximum absolute atomic E-state index is 5.19. The highest BCUT2D eigenvalue weighted by Gasteiger charge is 2.26. The van der Waals surface area contributed by atoms with Gasteiger partial charge in [-0.1, -0.05) is 0 Å². The van der Waals surface area contributed by atoms with Crippen molar-refractivity contribution >= 4 is 0 Å². The van der Waals surface area contributed by atoms with Crippen LogP contribution in [-0.2, 0) is 0 Å². The van der Waals surface area contributed by atoms with E-state index in [0.717, 1.165) is 0 Å². The van der Waals surface area contributed by atoms with Gasteiger partial charge in [-0.2, -0.15) is 0 Å². The van der Waals surface area contributed by atoms with Gasteiger partial charge < -0.3 is 11.5 Å². The molecule has 4 N–H and O–H groups in total. The van der Waals surface area contributed by atoms with E-state index < -0.39 is 0 Å². The van der Waals surface area contributed by atoms with Gasteiger partial charge in [0, 0.05) is 0 Å². The molecule has 0 spiro atoms. The fourth-order valence-electron chi connectivity index (χ4n) is 0.417. The van der Waals surface area contributed by atoms with Crippen molar-refractivity contribution in [3.05, 3.63) is 6.17 Å². The van der Waals surface area contributed by atoms with Gasteiger partial charge in [-0.25, -0.2) is 0 Å². The molecule has 1 saturated carbocycles. The molecular formula is C4H9N2. The quantitative estimate of drug-likeness (QED) is 0.463. The standard InChI is InChI=1S/C4H9N2/c5-4(6)3-1-2-3/h3H,1-2,5-6H2. The first-order valence-electron chi connectivity index (χ1n) is 2.18. The summed E-state index contributed by atoms with van der Waals surface area (Å²) < 4.78 is 0. The SMILES string of the molecule is N[C](N)C1CC1. The van der Waals surface area contributed by atoms with Crippen molar-refractivity contribution in [2.45, 2.75) is 12.8 Å². The molecule has 1 aliphatic carbocycles. The molecule has 0 aromatic rings. The lowest BCUT2D eigenvalue weighted by Gasteiger charge is -1.94. The summed E-state index contributed by atoms with van der Waals surface area (Å²) in [5.74, 6) is 0.574. The molecule has 0 atom stereocenters. The van der Waals surface area contributed by atoms with Crippen molar-refractivity contribution in [3.8, 4) is 0 Å². The second-order valence-corrected chi connectivity index (χ2v) is 1.77. The third-order valence-corrected chi connectivity index (χ3v) is 1.05. The lowest BCUT2D eigenvalue weighted by atomic mass is 10.4. The average Bonchev–Trinajstić information content (AvgIpc) is 2.06. The molecule has 6 heavy (non-hydrogen) atoms. The van der Waals surface area contributed by atoms with E-state index in [1.165, 1.54) is 12.8 Å². The Hall–Kier alpha value is -0.0800. The third-order valence-electron chi connectivity index (χ3n) is 1.05. The molecule has 1 rings (SSSR count). The van der Waals surface area contributed by atoms with E-state index in [0.29, 0.717) is 12.1 Å². The molecule has 0 saturated heterocycles. The minimum atomic E-state index is 0.574. The minimum absolute atomic E-state index is 0.574. The van der Waals surface area contributed by atoms with E-state index in [-0.39, 0.29) is 0 Å². The van der Waals surface area contributed by atoms with Crippen LogP contribution in [0.2, 0.25) is 0 Å². The Kier molecular flexibility index (Phi) is 0.821. The highest BCUT2D eigenvalue weighted by atomic mass is 14.9. The van der Waals surface area contributed by atoms with Crippen molar-refractivity contribution in [1.29, 1.82) is 0 Å². The average molecular weight is 85.1 g/mol. The maximum atomic E-state index is 5.19. The molecule has 35 valence electrons. The van der Waals surface area contributed by atoms with E-state index in [1.54, 1.807) is 0 Å². The summed E-state index contributed by atoms with van der Waals surface area (Å²) in [5.41, 5.74) is 10.4. The second-order valence-electron chi connectivity index (χ2n) is 1.77. The van der Waals surface area contributed by atoms with Crippen molar-refractivity contribution < 1.29 is 0 Å². The molecule has 0 aromatic carbocycles. The smallest absolute Gasteiger partial charge is 0.0987 e. The van der Waals surface area contributed by atoms with Crippen LogP contribution in [0.15, 0.2) is 0 Å². The van der Waals surface area contributed by atoms with Crippen LogP contribution in [0.4, 0.5) is 0 Å². The summed E-state index contributed by atoms with van der Waals surface area (Å²) in [6.45, 7) is 0. The maximum Gasteiger partial charge on any atom is 0.0987 e. The Balaban J connectivity index is 2.13. The highest BCUT2D eigenvalue weighted by Crippen LogP contribution is 2.32. The second kappa shape index (κ2) is 1.21. The number of rotatable bonds is 1. The Morgan fingerprint density at radius 3 is 1.83 bits per heavy atom. The lowest BCUT2D eigenvalue weighted by molar-refractivity contribution is 0.788. The van der Waals surface area contributed by atoms with Crippen LogP contribution >= 0.6 is 0 Å². The van der Waals surface area contributed by atoms with Crippen LogP contribution in [0.1, 0.15) is 12.8 Å². The van der Waals surface area contributed by atoms with E-state index in [9.17, 15) is 0 Å². The van der Waals surface area contributed by atoms with E-state index in [1.807, 2.05) is 0 Å². The molecule has 2 nitrogen and oxygen atoms in total. The first kappa shape index (κ1) is 4.09. The molecule has 2 heteroatoms. The molecule has 0 bridgehead atoms. The molecule has 1 radical (unpaired) electrons. The summed E-state index contributed by atoms with van der Waals surface area (Å²) in [6, 6.07) is 0. The molecular weight excluding hydrogens is 76.1 g/mol. The summed E-state index contributed by atoms with van der Waals surface area (Å²) in [7, 11) is 0. The lowest BCUT2D eigenvalue weighted by Crippen LogP contribution is -2.21. The highest BCUT2D eigenvalue weighted by molar-refractivity contribution is 4.92. The van der Waals surface area contributed by atoms with Crippen LogP contribution in [-0.4, -0.2) is 0 Å². The Bertz CT molecular complexity index is 47.5. The van der Waals surface area contributed by atoms with Gasteiger partial charge in [0.15, 0.2) is 0 Å². The molecule has 1 aliphatic rings. The molecule has 0 heterocycles. The van der Waals surface area contributed by atoms with Crippen molar-refractivity contribution in [2.75, 3.05) is 0 Å². The summed E-state index contributed by atoms with van der Waals surface area (Å²) in [6.07, 6.45) is 3.04. The summed E-state index contributed by atoms with van der Waals surface area (Å²) in [4.78, 5) is 0. The monoisotopic (exact) mass is 85.1 g/mol. The molecule has 0 aliphatic heterocycles. The molecule has 0 amide bonds. The summed E-state index contributed by atoms with van der Waals surface area (Å²) in [5, 5.41) is 0. The van der Waals surface area contributed by atoms with Gasteiger partial charge in [0.05, 0.1) is 6.17 Å². The third kappa shape index (κ3) is 0.698. The van der Waals surface area contributed by atoms with Gasteiger partial charge in [-0.15, -0.1) is 0 Å². The predicted octanol–water partition coefficient (Wildman–Crippen LogP) is -0.197. The van der Waals surface area contributed by atoms with Crippen molar-refractivity contribution in [3.63, 3.8) is 0 Å². The van der Waals surface area contributed by atoms with Gasteiger partial charge in [-0.05, 0) is 18.8 Å². The molecule has 0 unspecified atom stereocenters. The van der Waals surface area contributed by atoms with Crippen LogP contribution in [0, 0.1) is 12.1 Å². The molecule has 0 aromatic heterocycles. The zero-order valence-electron chi connectivity index (χ0n) is 3.65. The van der Waals surface area contributed by atoms with Crippen molar-refractivity contribution in [2.24, 2.45) is 17.4 Å². The topological polar surface area (TPSA) is 52.0 Å². The van der Waals surface area contributed by atoms with E-state index in [2.05, 4.69) is 0 Å². The fraction of sp³-hybridized carbons (Fsp3) is 0.750. The number of hydrogen-bond donors (Lipinski definition) is 2. The van der Waals surface area contributed by atoms with Crippen LogP contribution in [0.3, 0.4) is 0 Å². The first-order chi connectivity index (χ1) is 2.80. The van der Waals surface area contributed by atoms with Crippen LogP contribution in [0.5, 0.6) is 0 Å². The zero-order valence-corrected chi connectivity index (χ0v) is 3.65. The predicted molar refractivity (Wildman–Crippen MR) is 24.3 cm³/mol. The summed E-state index contributed by atoms with van der Waals surface area (Å²) >= 11 is 0. The first-order valence-corrected chi connectivity index (χ1v) is 2.18. The van der Waals surface area contributed by atoms with Crippen LogP contribution < -0.4 is 11.5 Å². The van der Waals surface area contributed by atoms with E-state index in [4.69, 9.17) is 11.5 Å². The Labute approximate surface area is 37.5 Å².